The maximum atomic E-state index is 12.3. The summed E-state index contributed by atoms with van der Waals surface area (Å²) in [5.74, 6) is 8.72. The number of carbonyl (C=O) groups excluding carboxylic acids is 1. The zero-order valence-corrected chi connectivity index (χ0v) is 34.6. The van der Waals surface area contributed by atoms with Gasteiger partial charge in [-0.25, -0.2) is 0 Å². The van der Waals surface area contributed by atoms with Gasteiger partial charge >= 0.3 is 0 Å². The van der Waals surface area contributed by atoms with Crippen LogP contribution in [0.3, 0.4) is 0 Å². The van der Waals surface area contributed by atoms with E-state index in [2.05, 4.69) is 54.4 Å². The third-order valence-electron chi connectivity index (χ3n) is 19.2. The molecule has 0 spiro atoms. The number of ether oxygens (including phenoxy) is 2. The van der Waals surface area contributed by atoms with Gasteiger partial charge in [-0.3, -0.25) is 4.79 Å². The lowest BCUT2D eigenvalue weighted by Crippen LogP contribution is -2.54. The van der Waals surface area contributed by atoms with Gasteiger partial charge in [-0.05, 0) is 204 Å². The Bertz CT molecular complexity index is 1230. The molecule has 292 valence electrons. The summed E-state index contributed by atoms with van der Waals surface area (Å²) in [6, 6.07) is 0. The van der Waals surface area contributed by atoms with Crippen molar-refractivity contribution in [1.29, 1.82) is 0 Å². The van der Waals surface area contributed by atoms with Crippen LogP contribution in [-0.4, -0.2) is 31.2 Å². The van der Waals surface area contributed by atoms with Crippen LogP contribution in [0.4, 0.5) is 0 Å². The molecule has 0 aromatic carbocycles. The number of rotatable bonds is 8. The van der Waals surface area contributed by atoms with Crippen LogP contribution < -0.4 is 0 Å². The Morgan fingerprint density at radius 2 is 0.962 bits per heavy atom. The molecule has 0 N–H and O–H groups in total. The topological polar surface area (TPSA) is 35.5 Å². The summed E-state index contributed by atoms with van der Waals surface area (Å²) in [7, 11) is 0. The number of hydrogen-bond donors (Lipinski definition) is 0. The van der Waals surface area contributed by atoms with Gasteiger partial charge in [0.25, 0.3) is 0 Å². The van der Waals surface area contributed by atoms with E-state index < -0.39 is 0 Å². The average Bonchev–Trinajstić information content (AvgIpc) is 3.67. The molecule has 8 rings (SSSR count). The lowest BCUT2D eigenvalue weighted by molar-refractivity contribution is -0.141. The second kappa shape index (κ2) is 15.0. The van der Waals surface area contributed by atoms with Crippen molar-refractivity contribution in [3.63, 3.8) is 0 Å². The van der Waals surface area contributed by atoms with E-state index in [0.29, 0.717) is 52.2 Å². The Hall–Kier alpha value is -1.19. The lowest BCUT2D eigenvalue weighted by atomic mass is 9.44. The first-order chi connectivity index (χ1) is 24.8. The summed E-state index contributed by atoms with van der Waals surface area (Å²) in [5, 5.41) is 0. The molecule has 8 aliphatic carbocycles. The highest BCUT2D eigenvalue weighted by atomic mass is 16.5. The monoisotopic (exact) mass is 715 g/mol. The van der Waals surface area contributed by atoms with Gasteiger partial charge in [-0.15, -0.1) is 13.2 Å². The Kier molecular flexibility index (Phi) is 11.3. The van der Waals surface area contributed by atoms with E-state index in [1.807, 2.05) is 19.1 Å². The second-order valence-corrected chi connectivity index (χ2v) is 21.2. The van der Waals surface area contributed by atoms with Gasteiger partial charge in [0.15, 0.2) is 0 Å². The molecule has 0 aliphatic heterocycles. The van der Waals surface area contributed by atoms with Crippen LogP contribution in [0.15, 0.2) is 37.5 Å². The fourth-order valence-electron chi connectivity index (χ4n) is 16.6. The van der Waals surface area contributed by atoms with E-state index in [1.54, 1.807) is 0 Å². The van der Waals surface area contributed by atoms with Gasteiger partial charge < -0.3 is 9.47 Å². The van der Waals surface area contributed by atoms with Crippen molar-refractivity contribution in [3.8, 4) is 0 Å². The molecular formula is C49H78O3. The molecule has 8 saturated carbocycles. The molecule has 0 aromatic heterocycles. The Labute approximate surface area is 320 Å². The molecule has 0 bridgehead atoms. The maximum absolute atomic E-state index is 12.3. The summed E-state index contributed by atoms with van der Waals surface area (Å²) in [6.45, 7) is 27.9. The minimum absolute atomic E-state index is 0.292. The van der Waals surface area contributed by atoms with E-state index >= 15 is 0 Å². The zero-order chi connectivity index (χ0) is 37.1. The quantitative estimate of drug-likeness (QED) is 0.235. The first-order valence-electron chi connectivity index (χ1n) is 22.4. The highest BCUT2D eigenvalue weighted by Gasteiger charge is 2.62. The summed E-state index contributed by atoms with van der Waals surface area (Å²) in [5.41, 5.74) is 3.36. The normalized spacial score (nSPS) is 50.4. The number of Topliss-reactive ketones (excluding diaryl/α,β-unsaturated/α-hetero) is 1. The molecule has 0 aromatic rings. The number of ketones is 1. The van der Waals surface area contributed by atoms with Gasteiger partial charge in [0, 0.05) is 5.92 Å². The number of fused-ring (bicyclic) bond motifs is 10. The van der Waals surface area contributed by atoms with Crippen molar-refractivity contribution in [3.05, 3.63) is 37.5 Å². The molecule has 8 fully saturated rings. The fourth-order valence-corrected chi connectivity index (χ4v) is 16.6. The van der Waals surface area contributed by atoms with Crippen LogP contribution in [0.5, 0.6) is 0 Å². The molecule has 0 amide bonds. The van der Waals surface area contributed by atoms with Crippen LogP contribution in [0, 0.1) is 80.8 Å². The average molecular weight is 715 g/mol. The van der Waals surface area contributed by atoms with Gasteiger partial charge in [0.2, 0.25) is 0 Å². The van der Waals surface area contributed by atoms with Crippen molar-refractivity contribution >= 4 is 5.78 Å². The van der Waals surface area contributed by atoms with Gasteiger partial charge in [0.05, 0.1) is 25.4 Å². The fraction of sp³-hybridized carbons (Fsp3) is 0.857. The Morgan fingerprint density at radius 3 is 1.38 bits per heavy atom. The molecular weight excluding hydrogens is 637 g/mol. The summed E-state index contributed by atoms with van der Waals surface area (Å²) >= 11 is 0. The molecule has 0 radical (unpaired) electrons. The SMILES string of the molecule is C=CCO[C@@H]1CC[C@]2(C)C3CC[C@@]4(C)C(CC[C@@H]4C(=C)C)C3CC[C@H]2C1.C=CCO[C@H]1CC[C@]2(C)C3CC[C@@]4(C)C(CC[C@@H]4C(C)=O)C3CC[C@H]2C1. The van der Waals surface area contributed by atoms with E-state index in [9.17, 15) is 4.79 Å². The van der Waals surface area contributed by atoms with E-state index in [1.165, 1.54) is 115 Å². The van der Waals surface area contributed by atoms with E-state index in [4.69, 9.17) is 9.47 Å². The van der Waals surface area contributed by atoms with E-state index in [-0.39, 0.29) is 0 Å². The zero-order valence-electron chi connectivity index (χ0n) is 34.6. The number of hydrogen-bond acceptors (Lipinski definition) is 3. The van der Waals surface area contributed by atoms with Crippen molar-refractivity contribution < 1.29 is 14.3 Å². The first-order valence-corrected chi connectivity index (χ1v) is 22.4. The van der Waals surface area contributed by atoms with Gasteiger partial charge in [-0.1, -0.05) is 52.0 Å². The predicted molar refractivity (Wildman–Crippen MR) is 216 cm³/mol. The van der Waals surface area contributed by atoms with Crippen molar-refractivity contribution in [2.24, 2.45) is 80.8 Å². The first kappa shape index (κ1) is 39.1. The molecule has 3 nitrogen and oxygen atoms in total. The lowest BCUT2D eigenvalue weighted by Gasteiger charge is -2.61. The minimum Gasteiger partial charge on any atom is -0.374 e. The van der Waals surface area contributed by atoms with Crippen LogP contribution in [-0.2, 0) is 14.3 Å². The van der Waals surface area contributed by atoms with Gasteiger partial charge in [-0.2, -0.15) is 0 Å². The van der Waals surface area contributed by atoms with Gasteiger partial charge in [0.1, 0.15) is 5.78 Å². The third-order valence-corrected chi connectivity index (χ3v) is 19.2. The number of allylic oxidation sites excluding steroid dienone is 1. The van der Waals surface area contributed by atoms with Crippen molar-refractivity contribution in [2.75, 3.05) is 13.2 Å². The smallest absolute Gasteiger partial charge is 0.133 e. The van der Waals surface area contributed by atoms with E-state index in [0.717, 1.165) is 66.3 Å². The van der Waals surface area contributed by atoms with Crippen LogP contribution in [0.25, 0.3) is 0 Å². The summed E-state index contributed by atoms with van der Waals surface area (Å²) in [4.78, 5) is 12.3. The molecule has 6 unspecified atom stereocenters. The van der Waals surface area contributed by atoms with Crippen molar-refractivity contribution in [2.45, 2.75) is 169 Å². The largest absolute Gasteiger partial charge is 0.374 e. The molecule has 0 heterocycles. The third kappa shape index (κ3) is 6.52. The molecule has 16 atom stereocenters. The second-order valence-electron chi connectivity index (χ2n) is 21.2. The highest BCUT2D eigenvalue weighted by Crippen LogP contribution is 2.69. The van der Waals surface area contributed by atoms with Crippen molar-refractivity contribution in [1.82, 2.24) is 0 Å². The number of carbonyl (C=O) groups is 1. The molecule has 8 aliphatic rings. The minimum atomic E-state index is 0.292. The molecule has 52 heavy (non-hydrogen) atoms. The molecule has 3 heteroatoms. The highest BCUT2D eigenvalue weighted by molar-refractivity contribution is 5.79. The van der Waals surface area contributed by atoms with Crippen LogP contribution in [0.2, 0.25) is 0 Å². The summed E-state index contributed by atoms with van der Waals surface area (Å²) < 4.78 is 12.1. The molecule has 0 saturated heterocycles. The Morgan fingerprint density at radius 1 is 0.558 bits per heavy atom. The van der Waals surface area contributed by atoms with Crippen LogP contribution >= 0.6 is 0 Å². The summed E-state index contributed by atoms with van der Waals surface area (Å²) in [6.07, 6.45) is 29.0. The Balaban J connectivity index is 0.000000162. The maximum Gasteiger partial charge on any atom is 0.133 e. The predicted octanol–water partition coefficient (Wildman–Crippen LogP) is 12.6. The standard InChI is InChI=1S/C25H40O.C24H38O2/c1-6-15-26-19-11-13-24(4)18(16-19)7-8-20-22-10-9-21(17(2)3)25(22,5)14-12-23(20)24;1-5-14-26-18-10-12-23(3)17(15-18)6-7-19-21-9-8-20(16(2)25)24(21,4)13-11-22(19)23/h6,18-23H,1-2,7-16H2,3-5H3;5,17-22H,1,6-15H2,2-4H3/t18-,19+,20?,21+,22?,23?,24-,25+;17-,18-,19?,20+,21?,22?,23-,24+/m00/s1. The van der Waals surface area contributed by atoms with Crippen LogP contribution in [0.1, 0.15) is 157 Å².